The average molecular weight is 337 g/mol. The number of H-pyrrole nitrogens is 1. The lowest BCUT2D eigenvalue weighted by atomic mass is 9.61. The van der Waals surface area contributed by atoms with Crippen molar-refractivity contribution in [1.29, 1.82) is 0 Å². The van der Waals surface area contributed by atoms with Gasteiger partial charge in [0.25, 0.3) is 0 Å². The van der Waals surface area contributed by atoms with Crippen molar-refractivity contribution in [2.45, 2.75) is 38.6 Å². The molecule has 1 unspecified atom stereocenters. The van der Waals surface area contributed by atoms with Gasteiger partial charge in [-0.1, -0.05) is 25.1 Å². The van der Waals surface area contributed by atoms with E-state index in [1.54, 1.807) is 0 Å². The first-order valence-electron chi connectivity index (χ1n) is 9.50. The van der Waals surface area contributed by atoms with Gasteiger partial charge < -0.3 is 20.3 Å². The number of nitrogens with zero attached hydrogens (tertiary/aromatic N) is 1. The third-order valence-corrected chi connectivity index (χ3v) is 7.13. The number of benzene rings is 1. The Bertz CT molecular complexity index is 869. The van der Waals surface area contributed by atoms with Gasteiger partial charge in [-0.05, 0) is 43.7 Å². The number of aliphatic hydroxyl groups is 1. The largest absolute Gasteiger partial charge is 0.396 e. The van der Waals surface area contributed by atoms with Crippen molar-refractivity contribution in [1.82, 2.24) is 15.2 Å². The molecule has 0 saturated carbocycles. The second kappa shape index (κ2) is 5.04. The third kappa shape index (κ3) is 1.92. The highest BCUT2D eigenvalue weighted by Gasteiger charge is 2.53. The fraction of sp³-hybridized carbons (Fsp3) is 0.524. The number of aromatic amines is 1. The van der Waals surface area contributed by atoms with Gasteiger partial charge in [0.2, 0.25) is 0 Å². The summed E-state index contributed by atoms with van der Waals surface area (Å²) in [7, 11) is 0. The highest BCUT2D eigenvalue weighted by Crippen LogP contribution is 2.54. The van der Waals surface area contributed by atoms with E-state index in [-0.39, 0.29) is 17.6 Å². The molecule has 132 valence electrons. The number of aliphatic hydroxyl groups excluding tert-OH is 1. The molecule has 1 aromatic heterocycles. The molecule has 25 heavy (non-hydrogen) atoms. The number of rotatable bonds is 1. The Morgan fingerprint density at radius 1 is 1.28 bits per heavy atom. The molecular formula is C21H27N3O. The first-order valence-corrected chi connectivity index (χ1v) is 9.50. The maximum Gasteiger partial charge on any atom is 0.0781 e. The SMILES string of the molecule is C[C@]12C[C@@]3(C)c4[nH]c5ccccc5c4CCN3C=C1NCCC2CO. The molecule has 0 amide bonds. The molecule has 1 aromatic carbocycles. The summed E-state index contributed by atoms with van der Waals surface area (Å²) >= 11 is 0. The van der Waals surface area contributed by atoms with Crippen LogP contribution in [0.1, 0.15) is 37.9 Å². The molecule has 0 spiro atoms. The van der Waals surface area contributed by atoms with Crippen LogP contribution in [-0.4, -0.2) is 34.7 Å². The number of piperidine rings is 1. The lowest BCUT2D eigenvalue weighted by molar-refractivity contribution is 0.00227. The summed E-state index contributed by atoms with van der Waals surface area (Å²) in [6.45, 7) is 7.00. The molecule has 0 radical (unpaired) electrons. The average Bonchev–Trinajstić information content (AvgIpc) is 2.99. The van der Waals surface area contributed by atoms with E-state index < -0.39 is 0 Å². The number of allylic oxidation sites excluding steroid dienone is 1. The van der Waals surface area contributed by atoms with Gasteiger partial charge in [0.05, 0.1) is 5.54 Å². The second-order valence-electron chi connectivity index (χ2n) is 8.47. The quantitative estimate of drug-likeness (QED) is 0.749. The van der Waals surface area contributed by atoms with Gasteiger partial charge in [0.15, 0.2) is 0 Å². The van der Waals surface area contributed by atoms with E-state index in [1.165, 1.54) is 27.9 Å². The zero-order valence-corrected chi connectivity index (χ0v) is 15.1. The molecule has 3 N–H and O–H groups in total. The van der Waals surface area contributed by atoms with Crippen molar-refractivity contribution in [3.05, 3.63) is 47.4 Å². The Hall–Kier alpha value is -1.94. The second-order valence-corrected chi connectivity index (χ2v) is 8.47. The minimum Gasteiger partial charge on any atom is -0.396 e. The predicted octanol–water partition coefficient (Wildman–Crippen LogP) is 3.09. The van der Waals surface area contributed by atoms with Gasteiger partial charge in [-0.2, -0.15) is 0 Å². The van der Waals surface area contributed by atoms with Crippen molar-refractivity contribution in [3.8, 4) is 0 Å². The number of aromatic nitrogens is 1. The van der Waals surface area contributed by atoms with E-state index in [0.29, 0.717) is 5.92 Å². The molecule has 0 bridgehead atoms. The molecule has 3 atom stereocenters. The molecule has 1 saturated heterocycles. The van der Waals surface area contributed by atoms with Crippen LogP contribution in [0.3, 0.4) is 0 Å². The number of fused-ring (bicyclic) bond motifs is 6. The third-order valence-electron chi connectivity index (χ3n) is 7.13. The fourth-order valence-corrected chi connectivity index (χ4v) is 5.66. The first kappa shape index (κ1) is 15.3. The Labute approximate surface area is 148 Å². The van der Waals surface area contributed by atoms with Gasteiger partial charge in [0, 0.05) is 53.6 Å². The molecule has 3 aliphatic heterocycles. The molecule has 2 aromatic rings. The summed E-state index contributed by atoms with van der Waals surface area (Å²) < 4.78 is 0. The Kier molecular flexibility index (Phi) is 3.09. The van der Waals surface area contributed by atoms with Crippen LogP contribution in [0.25, 0.3) is 10.9 Å². The standard InChI is InChI=1S/C21H27N3O/c1-20-13-21(2)19-16(15-5-3-4-6-17(15)23-19)8-10-24(21)11-18(20)22-9-7-14(20)12-25/h3-6,11,14,22-23,25H,7-10,12-13H2,1-2H3/t14?,20-,21+/m1/s1. The molecule has 1 fully saturated rings. The van der Waals surface area contributed by atoms with Gasteiger partial charge in [-0.25, -0.2) is 0 Å². The van der Waals surface area contributed by atoms with Crippen molar-refractivity contribution in [2.75, 3.05) is 19.7 Å². The lowest BCUT2D eigenvalue weighted by Crippen LogP contribution is -2.57. The van der Waals surface area contributed by atoms with Crippen LogP contribution in [0.4, 0.5) is 0 Å². The van der Waals surface area contributed by atoms with Crippen molar-refractivity contribution in [3.63, 3.8) is 0 Å². The van der Waals surface area contributed by atoms with E-state index in [9.17, 15) is 5.11 Å². The summed E-state index contributed by atoms with van der Waals surface area (Å²) in [5.74, 6) is 0.328. The molecule has 4 heteroatoms. The highest BCUT2D eigenvalue weighted by atomic mass is 16.3. The van der Waals surface area contributed by atoms with Crippen LogP contribution >= 0.6 is 0 Å². The van der Waals surface area contributed by atoms with Crippen LogP contribution in [0.2, 0.25) is 0 Å². The summed E-state index contributed by atoms with van der Waals surface area (Å²) in [6, 6.07) is 8.68. The first-order chi connectivity index (χ1) is 12.1. The van der Waals surface area contributed by atoms with Crippen LogP contribution in [0.5, 0.6) is 0 Å². The Morgan fingerprint density at radius 2 is 2.12 bits per heavy atom. The molecular weight excluding hydrogens is 310 g/mol. The van der Waals surface area contributed by atoms with E-state index in [2.05, 4.69) is 59.5 Å². The molecule has 5 rings (SSSR count). The molecule has 4 nitrogen and oxygen atoms in total. The summed E-state index contributed by atoms with van der Waals surface area (Å²) in [5.41, 5.74) is 5.38. The predicted molar refractivity (Wildman–Crippen MR) is 100 cm³/mol. The smallest absolute Gasteiger partial charge is 0.0781 e. The van der Waals surface area contributed by atoms with Crippen molar-refractivity contribution in [2.24, 2.45) is 11.3 Å². The summed E-state index contributed by atoms with van der Waals surface area (Å²) in [4.78, 5) is 6.27. The Balaban J connectivity index is 1.68. The Morgan fingerprint density at radius 3 is 2.96 bits per heavy atom. The van der Waals surface area contributed by atoms with E-state index >= 15 is 0 Å². The zero-order chi connectivity index (χ0) is 17.2. The van der Waals surface area contributed by atoms with E-state index in [1.807, 2.05) is 0 Å². The highest BCUT2D eigenvalue weighted by molar-refractivity contribution is 5.85. The number of hydrogen-bond acceptors (Lipinski definition) is 3. The minimum atomic E-state index is -0.0444. The minimum absolute atomic E-state index is 0.00412. The van der Waals surface area contributed by atoms with Crippen LogP contribution in [-0.2, 0) is 12.0 Å². The topological polar surface area (TPSA) is 51.3 Å². The van der Waals surface area contributed by atoms with Crippen molar-refractivity contribution < 1.29 is 5.11 Å². The maximum atomic E-state index is 10.0. The summed E-state index contributed by atoms with van der Waals surface area (Å²) in [5, 5.41) is 15.0. The zero-order valence-electron chi connectivity index (χ0n) is 15.1. The maximum absolute atomic E-state index is 10.0. The van der Waals surface area contributed by atoms with Gasteiger partial charge in [-0.3, -0.25) is 0 Å². The van der Waals surface area contributed by atoms with Gasteiger partial charge in [-0.15, -0.1) is 0 Å². The molecule has 4 heterocycles. The number of para-hydroxylation sites is 1. The van der Waals surface area contributed by atoms with Crippen molar-refractivity contribution >= 4 is 10.9 Å². The lowest BCUT2D eigenvalue weighted by Gasteiger charge is -2.57. The molecule has 3 aliphatic rings. The van der Waals surface area contributed by atoms with Crippen LogP contribution in [0, 0.1) is 11.3 Å². The van der Waals surface area contributed by atoms with Gasteiger partial charge >= 0.3 is 0 Å². The number of hydrogen-bond donors (Lipinski definition) is 3. The fourth-order valence-electron chi connectivity index (χ4n) is 5.66. The van der Waals surface area contributed by atoms with E-state index in [4.69, 9.17) is 0 Å². The van der Waals surface area contributed by atoms with E-state index in [0.717, 1.165) is 32.4 Å². The normalized spacial score (nSPS) is 34.0. The monoisotopic (exact) mass is 337 g/mol. The number of nitrogens with one attached hydrogen (secondary N) is 2. The van der Waals surface area contributed by atoms with Gasteiger partial charge in [0.1, 0.15) is 0 Å². The molecule has 0 aliphatic carbocycles. The summed E-state index contributed by atoms with van der Waals surface area (Å²) in [6.07, 6.45) is 5.50. The van der Waals surface area contributed by atoms with Crippen LogP contribution < -0.4 is 5.32 Å². The van der Waals surface area contributed by atoms with Crippen LogP contribution in [0.15, 0.2) is 36.2 Å².